The number of halogens is 4. The van der Waals surface area contributed by atoms with Gasteiger partial charge in [-0.25, -0.2) is 17.9 Å². The third kappa shape index (κ3) is 14.5. The molecule has 92 heavy (non-hydrogen) atoms. The SMILES string of the molecule is C.C[C@@]1(O)CC[C@@H]2[C@H]3CC[C@]4(C)[C@@H](C(=O)CBr)CC[C@H]4[C@@H]3C[C@@H](F)[C@@H]2C1.C[C@@]1(O)CC[C@@H]2[C@H]3CC[C@]4(C)[C@@H](C(=O)Cn5ccnn5)CC[C@H]4[C@@H]3C[C@@H](F)[C@@H]2C1.C[C@@]1(O)CC[C@@H]2[C@H]3CC[C@]4(C)[C@@H](C(=O)Cn5nccn5)CC[C@H]4[C@@H]3C[C@@H](F)[C@@H]2C1.S.[S-2].[SH-].c1cn[nH]n1. The second-order valence-corrected chi connectivity index (χ2v) is 33.2. The average molecular weight is 1410 g/mol. The number of alkyl halides is 4. The van der Waals surface area contributed by atoms with Gasteiger partial charge >= 0.3 is 0 Å². The first-order valence-corrected chi connectivity index (χ1v) is 35.7. The van der Waals surface area contributed by atoms with E-state index < -0.39 is 35.3 Å². The Balaban J connectivity index is 0.000000168. The molecule has 15 nitrogen and oxygen atoms in total. The van der Waals surface area contributed by atoms with E-state index in [-0.39, 0.29) is 118 Å². The van der Waals surface area contributed by atoms with Crippen LogP contribution in [-0.4, -0.2) is 119 Å². The number of rotatable bonds is 8. The fraction of sp³-hybridized carbons (Fsp3) is 0.871. The van der Waals surface area contributed by atoms with Crippen molar-refractivity contribution < 1.29 is 42.9 Å². The van der Waals surface area contributed by atoms with Crippen LogP contribution in [0, 0.1) is 123 Å². The van der Waals surface area contributed by atoms with Gasteiger partial charge < -0.3 is 42.3 Å². The molecule has 3 heterocycles. The van der Waals surface area contributed by atoms with Crippen molar-refractivity contribution in [3.8, 4) is 0 Å². The Kier molecular flexibility index (Phi) is 24.3. The number of Topliss-reactive ketones (excluding diaryl/α,β-unsaturated/α-hetero) is 3. The fourth-order valence-electron chi connectivity index (χ4n) is 24.0. The van der Waals surface area contributed by atoms with Gasteiger partial charge in [0.2, 0.25) is 0 Å². The Morgan fingerprint density at radius 2 is 0.826 bits per heavy atom. The van der Waals surface area contributed by atoms with Gasteiger partial charge in [0.15, 0.2) is 11.6 Å². The number of fused-ring (bicyclic) bond motifs is 15. The number of carbonyl (C=O) groups is 3. The summed E-state index contributed by atoms with van der Waals surface area (Å²) in [5, 5.41) is 57.2. The van der Waals surface area contributed by atoms with Gasteiger partial charge in [-0.05, 0) is 280 Å². The van der Waals surface area contributed by atoms with Gasteiger partial charge in [-0.1, -0.05) is 49.3 Å². The minimum Gasteiger partial charge on any atom is -2.00 e. The van der Waals surface area contributed by atoms with Crippen molar-refractivity contribution in [2.45, 2.75) is 251 Å². The molecular formula is C70H110BrF3N9O6S3-3. The summed E-state index contributed by atoms with van der Waals surface area (Å²) in [7, 11) is 0. The van der Waals surface area contributed by atoms with Gasteiger partial charge in [0.1, 0.15) is 37.4 Å². The minimum absolute atomic E-state index is 0. The summed E-state index contributed by atoms with van der Waals surface area (Å²) < 4.78 is 47.4. The number of aromatic nitrogens is 9. The molecule has 3 aromatic heterocycles. The summed E-state index contributed by atoms with van der Waals surface area (Å²) in [6, 6.07) is 0. The Morgan fingerprint density at radius 3 is 1.15 bits per heavy atom. The van der Waals surface area contributed by atoms with Crippen molar-refractivity contribution in [1.29, 1.82) is 0 Å². The predicted molar refractivity (Wildman–Crippen MR) is 363 cm³/mol. The topological polar surface area (TPSA) is 215 Å². The van der Waals surface area contributed by atoms with Crippen molar-refractivity contribution in [3.63, 3.8) is 0 Å². The summed E-state index contributed by atoms with van der Waals surface area (Å²) >= 11 is 3.37. The highest BCUT2D eigenvalue weighted by Gasteiger charge is 2.64. The minimum atomic E-state index is -0.807. The average Bonchev–Trinajstić information content (AvgIpc) is 1.41. The van der Waals surface area contributed by atoms with Crippen LogP contribution in [0.5, 0.6) is 0 Å². The maximum atomic E-state index is 15.3. The molecule has 0 unspecified atom stereocenters. The second-order valence-electron chi connectivity index (χ2n) is 32.6. The second kappa shape index (κ2) is 29.6. The Hall–Kier alpha value is -2.37. The van der Waals surface area contributed by atoms with Crippen LogP contribution in [0.2, 0.25) is 0 Å². The number of aromatic amines is 1. The third-order valence-electron chi connectivity index (χ3n) is 27.9. The van der Waals surface area contributed by atoms with Crippen LogP contribution in [0.3, 0.4) is 0 Å². The first kappa shape index (κ1) is 75.4. The number of nitrogens with zero attached hydrogens (tertiary/aromatic N) is 8. The van der Waals surface area contributed by atoms with Gasteiger partial charge in [0.25, 0.3) is 0 Å². The number of thiol groups is 1. The highest BCUT2D eigenvalue weighted by molar-refractivity contribution is 9.09. The molecule has 0 aromatic carbocycles. The number of hydrogen-bond acceptors (Lipinski definition) is 13. The maximum Gasteiger partial charge on any atom is 0.159 e. The Labute approximate surface area is 575 Å². The molecule has 3 aromatic rings. The van der Waals surface area contributed by atoms with Crippen LogP contribution >= 0.6 is 29.4 Å². The number of ketones is 3. The molecule has 0 saturated heterocycles. The number of hydrogen-bond donors (Lipinski definition) is 4. The van der Waals surface area contributed by atoms with Crippen molar-refractivity contribution in [2.75, 3.05) is 5.33 Å². The molecule has 0 aliphatic heterocycles. The van der Waals surface area contributed by atoms with Crippen LogP contribution in [0.25, 0.3) is 0 Å². The summed E-state index contributed by atoms with van der Waals surface area (Å²) in [5.74, 6) is 6.91. The molecule has 12 aliphatic rings. The number of nitrogens with one attached hydrogen (secondary N) is 1. The molecule has 0 bridgehead atoms. The van der Waals surface area contributed by atoms with Crippen molar-refractivity contribution in [3.05, 3.63) is 37.2 Å². The number of carbonyl (C=O) groups excluding carboxylic acids is 3. The molecule has 0 spiro atoms. The van der Waals surface area contributed by atoms with Gasteiger partial charge in [0, 0.05) is 24.0 Å². The van der Waals surface area contributed by atoms with E-state index in [0.29, 0.717) is 127 Å². The van der Waals surface area contributed by atoms with Crippen LogP contribution in [0.4, 0.5) is 13.2 Å². The number of H-pyrrole nitrogens is 1. The highest BCUT2D eigenvalue weighted by Crippen LogP contribution is 2.69. The lowest BCUT2D eigenvalue weighted by Crippen LogP contribution is -2.54. The van der Waals surface area contributed by atoms with Gasteiger partial charge in [-0.2, -0.15) is 43.9 Å². The van der Waals surface area contributed by atoms with E-state index in [9.17, 15) is 29.7 Å². The highest BCUT2D eigenvalue weighted by atomic mass is 79.9. The Morgan fingerprint density at radius 1 is 0.489 bits per heavy atom. The quantitative estimate of drug-likeness (QED) is 0.0939. The summed E-state index contributed by atoms with van der Waals surface area (Å²) in [4.78, 5) is 40.1. The third-order valence-corrected chi connectivity index (χ3v) is 28.5. The van der Waals surface area contributed by atoms with E-state index in [1.165, 1.54) is 4.80 Å². The normalized spacial score (nSPS) is 46.4. The largest absolute Gasteiger partial charge is 2.00 e. The van der Waals surface area contributed by atoms with Crippen LogP contribution < -0.4 is 0 Å². The van der Waals surface area contributed by atoms with E-state index in [4.69, 9.17) is 0 Å². The molecule has 12 aliphatic carbocycles. The van der Waals surface area contributed by atoms with Crippen molar-refractivity contribution >= 4 is 73.8 Å². The zero-order chi connectivity index (χ0) is 62.3. The standard InChI is InChI=1S/2C23H34FN3O2.C21H32BrFO2.C2H3N3.CH4.2H2S.S/c1-22(29)7-5-15-14-6-8-23(2)18(16(14)11-20(24)17(15)12-22)3-4-19(23)21(28)13-27-10-9-25-26-27;1-22(29)7-5-15-14-6-8-23(2)18(16(14)11-20(24)17(15)12-22)3-4-19(23)21(28)13-27-25-9-10-26-27;1-20(25)7-5-13-12-6-8-21(2)16(3-4-17(21)19(24)11-22)14(12)9-18(23)15(13)10-20;1-2-4-5-3-1;;;;/h2*9-10,14-20,29H,3-8,11-13H2,1-2H3;12-18,25H,3-11H2,1-2H3;1-2H,(H,3,4,5);1H4;2*1H2;/q;;;;;;;-2/p-1/t2*14-,15-,16-,17-,18+,19-,20-,22-,23+;12-,13-,14-,15-,16+,17-,18-,20-,21+;;;;;/m111...../s1. The summed E-state index contributed by atoms with van der Waals surface area (Å²) in [6.07, 6.45) is 29.1. The zero-order valence-corrected chi connectivity index (χ0v) is 59.0. The van der Waals surface area contributed by atoms with Gasteiger partial charge in [-0.3, -0.25) is 14.4 Å². The predicted octanol–water partition coefficient (Wildman–Crippen LogP) is 12.8. The maximum absolute atomic E-state index is 15.3. The summed E-state index contributed by atoms with van der Waals surface area (Å²) in [5.41, 5.74) is -2.02. The number of aliphatic hydroxyl groups is 3. The molecule has 520 valence electrons. The van der Waals surface area contributed by atoms with Crippen molar-refractivity contribution in [2.24, 2.45) is 123 Å². The molecule has 27 atom stereocenters. The zero-order valence-electron chi connectivity index (χ0n) is 54.7. The molecule has 4 N–H and O–H groups in total. The van der Waals surface area contributed by atoms with E-state index >= 15 is 13.2 Å². The molecule has 22 heteroatoms. The van der Waals surface area contributed by atoms with E-state index in [2.05, 4.69) is 72.6 Å². The molecule has 12 saturated carbocycles. The lowest BCUT2D eigenvalue weighted by Gasteiger charge is -2.57. The first-order chi connectivity index (χ1) is 41.8. The summed E-state index contributed by atoms with van der Waals surface area (Å²) in [6.45, 7) is 13.1. The van der Waals surface area contributed by atoms with E-state index in [1.54, 1.807) is 41.9 Å². The molecule has 12 fully saturated rings. The fourth-order valence-corrected chi connectivity index (χ4v) is 24.4. The molecule has 0 radical (unpaired) electrons. The molecule has 0 amide bonds. The van der Waals surface area contributed by atoms with Crippen LogP contribution in [0.15, 0.2) is 37.2 Å². The van der Waals surface area contributed by atoms with E-state index in [0.717, 1.165) is 116 Å². The Bertz CT molecular complexity index is 2740. The monoisotopic (exact) mass is 1400 g/mol. The van der Waals surface area contributed by atoms with Crippen LogP contribution in [0.1, 0.15) is 203 Å². The van der Waals surface area contributed by atoms with Gasteiger partial charge in [-0.15, -0.1) is 5.10 Å². The van der Waals surface area contributed by atoms with Crippen molar-refractivity contribution in [1.82, 2.24) is 45.4 Å². The first-order valence-electron chi connectivity index (χ1n) is 34.5. The molecular weight excluding hydrogens is 1300 g/mol. The van der Waals surface area contributed by atoms with E-state index in [1.807, 2.05) is 20.8 Å². The molecule has 15 rings (SSSR count). The van der Waals surface area contributed by atoms with Crippen LogP contribution in [-0.2, 0) is 54.5 Å². The smallest absolute Gasteiger partial charge is 0.159 e. The van der Waals surface area contributed by atoms with Gasteiger partial charge in [0.05, 0.1) is 53.1 Å². The lowest BCUT2D eigenvalue weighted by atomic mass is 9.48. The lowest BCUT2D eigenvalue weighted by molar-refractivity contribution is -0.139.